The molecule has 1 fully saturated rings. The van der Waals surface area contributed by atoms with Gasteiger partial charge in [0.2, 0.25) is 0 Å². The second kappa shape index (κ2) is 5.86. The Hall–Kier alpha value is -0.730. The van der Waals surface area contributed by atoms with E-state index in [0.717, 1.165) is 32.1 Å². The summed E-state index contributed by atoms with van der Waals surface area (Å²) in [4.78, 5) is 4.30. The molecule has 70 valence electrons. The van der Waals surface area contributed by atoms with Crippen LogP contribution in [0.5, 0.6) is 0 Å². The van der Waals surface area contributed by atoms with Crippen molar-refractivity contribution in [1.29, 1.82) is 0 Å². The summed E-state index contributed by atoms with van der Waals surface area (Å²) in [5, 5.41) is 3.12. The van der Waals surface area contributed by atoms with E-state index in [-0.39, 0.29) is 0 Å². The smallest absolute Gasteiger partial charge is 0.284 e. The Kier molecular flexibility index (Phi) is 4.57. The van der Waals surface area contributed by atoms with E-state index >= 15 is 0 Å². The van der Waals surface area contributed by atoms with Crippen LogP contribution in [0.3, 0.4) is 0 Å². The lowest BCUT2D eigenvalue weighted by Gasteiger charge is -2.16. The standard InChI is InChI=1S/C9H18N2O/c1-2-3-4-6-10-9-11-7-5-8-12-9/h2-8H2,1H3,(H,10,11). The third-order valence-corrected chi connectivity index (χ3v) is 1.85. The fraction of sp³-hybridized carbons (Fsp3) is 0.889. The minimum Gasteiger partial charge on any atom is -0.465 e. The maximum absolute atomic E-state index is 5.30. The molecule has 12 heavy (non-hydrogen) atoms. The first-order chi connectivity index (χ1) is 5.93. The number of ether oxygens (including phenoxy) is 1. The summed E-state index contributed by atoms with van der Waals surface area (Å²) in [5.41, 5.74) is 0. The van der Waals surface area contributed by atoms with Crippen molar-refractivity contribution in [2.24, 2.45) is 4.99 Å². The van der Waals surface area contributed by atoms with E-state index in [1.54, 1.807) is 0 Å². The minimum atomic E-state index is 0.748. The van der Waals surface area contributed by atoms with Crippen LogP contribution in [0.15, 0.2) is 4.99 Å². The molecule has 0 atom stereocenters. The number of unbranched alkanes of at least 4 members (excludes halogenated alkanes) is 2. The number of hydrogen-bond donors (Lipinski definition) is 1. The van der Waals surface area contributed by atoms with Crippen molar-refractivity contribution in [1.82, 2.24) is 5.32 Å². The van der Waals surface area contributed by atoms with Gasteiger partial charge in [0.25, 0.3) is 6.02 Å². The first kappa shape index (κ1) is 9.36. The van der Waals surface area contributed by atoms with Crippen molar-refractivity contribution in [2.45, 2.75) is 32.6 Å². The molecule has 0 bridgehead atoms. The molecule has 0 aromatic heterocycles. The van der Waals surface area contributed by atoms with Crippen molar-refractivity contribution in [3.8, 4) is 0 Å². The second-order valence-electron chi connectivity index (χ2n) is 3.02. The topological polar surface area (TPSA) is 33.6 Å². The van der Waals surface area contributed by atoms with Gasteiger partial charge in [-0.15, -0.1) is 0 Å². The SMILES string of the molecule is CCCCC/N=C1/NCCCO1. The largest absolute Gasteiger partial charge is 0.465 e. The molecule has 0 saturated carbocycles. The maximum Gasteiger partial charge on any atom is 0.284 e. The molecule has 0 aliphatic carbocycles. The van der Waals surface area contributed by atoms with E-state index in [4.69, 9.17) is 4.74 Å². The summed E-state index contributed by atoms with van der Waals surface area (Å²) in [6, 6.07) is 0.748. The van der Waals surface area contributed by atoms with Gasteiger partial charge < -0.3 is 10.1 Å². The van der Waals surface area contributed by atoms with Gasteiger partial charge >= 0.3 is 0 Å². The summed E-state index contributed by atoms with van der Waals surface area (Å²) < 4.78 is 5.30. The van der Waals surface area contributed by atoms with Gasteiger partial charge in [-0.25, -0.2) is 4.99 Å². The van der Waals surface area contributed by atoms with Crippen LogP contribution in [0.1, 0.15) is 32.6 Å². The zero-order valence-corrected chi connectivity index (χ0v) is 7.81. The van der Waals surface area contributed by atoms with Crippen LogP contribution in [0.2, 0.25) is 0 Å². The molecule has 0 unspecified atom stereocenters. The van der Waals surface area contributed by atoms with Crippen LogP contribution in [0, 0.1) is 0 Å². The third kappa shape index (κ3) is 3.60. The summed E-state index contributed by atoms with van der Waals surface area (Å²) in [7, 11) is 0. The summed E-state index contributed by atoms with van der Waals surface area (Å²) in [6.45, 7) is 4.92. The van der Waals surface area contributed by atoms with Gasteiger partial charge in [-0.05, 0) is 12.8 Å². The van der Waals surface area contributed by atoms with Crippen LogP contribution in [0.25, 0.3) is 0 Å². The number of nitrogens with zero attached hydrogens (tertiary/aromatic N) is 1. The molecule has 0 spiro atoms. The number of nitrogens with one attached hydrogen (secondary N) is 1. The fourth-order valence-electron chi connectivity index (χ4n) is 1.13. The van der Waals surface area contributed by atoms with Gasteiger partial charge in [-0.3, -0.25) is 0 Å². The monoisotopic (exact) mass is 170 g/mol. The number of hydrogen-bond acceptors (Lipinski definition) is 2. The average Bonchev–Trinajstić information content (AvgIpc) is 2.14. The first-order valence-electron chi connectivity index (χ1n) is 4.84. The van der Waals surface area contributed by atoms with E-state index in [2.05, 4.69) is 17.2 Å². The lowest BCUT2D eigenvalue weighted by atomic mass is 10.2. The molecule has 0 radical (unpaired) electrons. The van der Waals surface area contributed by atoms with E-state index < -0.39 is 0 Å². The van der Waals surface area contributed by atoms with Crippen molar-refractivity contribution < 1.29 is 4.74 Å². The van der Waals surface area contributed by atoms with Gasteiger partial charge in [0.15, 0.2) is 0 Å². The fourth-order valence-corrected chi connectivity index (χ4v) is 1.13. The Labute approximate surface area is 74.2 Å². The average molecular weight is 170 g/mol. The molecule has 1 aliphatic rings. The summed E-state index contributed by atoms with van der Waals surface area (Å²) in [6.07, 6.45) is 4.77. The Morgan fingerprint density at radius 2 is 2.42 bits per heavy atom. The minimum absolute atomic E-state index is 0.748. The van der Waals surface area contributed by atoms with Crippen molar-refractivity contribution in [3.05, 3.63) is 0 Å². The number of amidine groups is 1. The van der Waals surface area contributed by atoms with Crippen molar-refractivity contribution in [3.63, 3.8) is 0 Å². The van der Waals surface area contributed by atoms with Crippen LogP contribution in [-0.2, 0) is 4.74 Å². The molecule has 0 aromatic carbocycles. The van der Waals surface area contributed by atoms with Crippen LogP contribution in [-0.4, -0.2) is 25.7 Å². The molecule has 1 aliphatic heterocycles. The maximum atomic E-state index is 5.30. The molecule has 3 heteroatoms. The van der Waals surface area contributed by atoms with Crippen molar-refractivity contribution in [2.75, 3.05) is 19.7 Å². The molecular formula is C9H18N2O. The Balaban J connectivity index is 2.08. The van der Waals surface area contributed by atoms with E-state index in [1.165, 1.54) is 19.3 Å². The highest BCUT2D eigenvalue weighted by molar-refractivity contribution is 5.73. The number of rotatable bonds is 4. The predicted octanol–water partition coefficient (Wildman–Crippen LogP) is 1.54. The summed E-state index contributed by atoms with van der Waals surface area (Å²) in [5.74, 6) is 0. The zero-order valence-electron chi connectivity index (χ0n) is 7.81. The molecule has 3 nitrogen and oxygen atoms in total. The first-order valence-corrected chi connectivity index (χ1v) is 4.84. The summed E-state index contributed by atoms with van der Waals surface area (Å²) >= 11 is 0. The van der Waals surface area contributed by atoms with Gasteiger partial charge in [0, 0.05) is 13.1 Å². The highest BCUT2D eigenvalue weighted by Gasteiger charge is 2.04. The second-order valence-corrected chi connectivity index (χ2v) is 3.02. The van der Waals surface area contributed by atoms with E-state index in [1.807, 2.05) is 0 Å². The van der Waals surface area contributed by atoms with Gasteiger partial charge in [0.1, 0.15) is 0 Å². The van der Waals surface area contributed by atoms with E-state index in [9.17, 15) is 0 Å². The normalized spacial score (nSPS) is 20.2. The molecule has 1 saturated heterocycles. The zero-order chi connectivity index (χ0) is 8.65. The van der Waals surface area contributed by atoms with Crippen LogP contribution in [0.4, 0.5) is 0 Å². The molecule has 1 rings (SSSR count). The van der Waals surface area contributed by atoms with E-state index in [0.29, 0.717) is 0 Å². The molecular weight excluding hydrogens is 152 g/mol. The predicted molar refractivity (Wildman–Crippen MR) is 50.4 cm³/mol. The van der Waals surface area contributed by atoms with Gasteiger partial charge in [-0.1, -0.05) is 19.8 Å². The Morgan fingerprint density at radius 1 is 1.50 bits per heavy atom. The van der Waals surface area contributed by atoms with Gasteiger partial charge in [-0.2, -0.15) is 0 Å². The lowest BCUT2D eigenvalue weighted by molar-refractivity contribution is 0.255. The highest BCUT2D eigenvalue weighted by atomic mass is 16.5. The molecule has 0 amide bonds. The quantitative estimate of drug-likeness (QED) is 0.649. The molecule has 0 aromatic rings. The Morgan fingerprint density at radius 3 is 3.08 bits per heavy atom. The van der Waals surface area contributed by atoms with Crippen molar-refractivity contribution >= 4 is 6.02 Å². The lowest BCUT2D eigenvalue weighted by Crippen LogP contribution is -2.33. The molecule has 1 heterocycles. The van der Waals surface area contributed by atoms with Crippen LogP contribution < -0.4 is 5.32 Å². The third-order valence-electron chi connectivity index (χ3n) is 1.85. The highest BCUT2D eigenvalue weighted by Crippen LogP contribution is 1.96. The Bertz CT molecular complexity index is 137. The van der Waals surface area contributed by atoms with Crippen LogP contribution >= 0.6 is 0 Å². The van der Waals surface area contributed by atoms with Gasteiger partial charge in [0.05, 0.1) is 6.61 Å². The number of aliphatic imine (C=N–C) groups is 1. The molecule has 1 N–H and O–H groups in total.